The number of rotatable bonds is 14. The number of aliphatic hydroxyl groups is 2. The fourth-order valence-corrected chi connectivity index (χ4v) is 7.69. The second kappa shape index (κ2) is 15.5. The van der Waals surface area contributed by atoms with Crippen molar-refractivity contribution >= 4 is 28.9 Å². The Morgan fingerprint density at radius 3 is 2.33 bits per heavy atom. The molecule has 5 aliphatic heterocycles. The molecule has 0 amide bonds. The average Bonchev–Trinajstić information content (AvgIpc) is 3.85. The molecular weight excluding hydrogens is 660 g/mol. The molecule has 11 nitrogen and oxygen atoms in total. The number of allylic oxidation sites excluding steroid dienone is 11. The molecule has 5 heterocycles. The van der Waals surface area contributed by atoms with Gasteiger partial charge in [-0.3, -0.25) is 4.79 Å². The molecule has 1 aliphatic carbocycles. The van der Waals surface area contributed by atoms with Crippen LogP contribution in [0.15, 0.2) is 119 Å². The average molecular weight is 709 g/mol. The van der Waals surface area contributed by atoms with Crippen LogP contribution in [-0.4, -0.2) is 78.7 Å². The fraction of sp³-hybridized carbons (Fsp3) is 0.439. The van der Waals surface area contributed by atoms with Gasteiger partial charge in [-0.25, -0.2) is 15.0 Å². The van der Waals surface area contributed by atoms with E-state index in [0.717, 1.165) is 68.5 Å². The van der Waals surface area contributed by atoms with Crippen molar-refractivity contribution in [2.24, 2.45) is 32.7 Å². The molecule has 8 bridgehead atoms. The largest absolute Gasteiger partial charge is 0.510 e. The SMILES string of the molecule is C=CC1=C(C)C2=NC1=CC1=NC(=CC3=C(C)C4=C(O)[C@H](C(=O)OCCOCCOCCO)C(=C5NC(=C2)[C@@H](C)[C@@H]5CCC(C)=O)C4=N3)C(CC)=C1C. The number of ketones is 1. The first-order valence-electron chi connectivity index (χ1n) is 18.0. The van der Waals surface area contributed by atoms with Crippen LogP contribution < -0.4 is 5.32 Å². The van der Waals surface area contributed by atoms with Crippen molar-refractivity contribution in [3.8, 4) is 0 Å². The summed E-state index contributed by atoms with van der Waals surface area (Å²) < 4.78 is 16.5. The minimum atomic E-state index is -1.13. The van der Waals surface area contributed by atoms with E-state index in [-0.39, 0.29) is 56.4 Å². The number of ether oxygens (including phenoxy) is 3. The lowest BCUT2D eigenvalue weighted by atomic mass is 9.84. The number of esters is 1. The Morgan fingerprint density at radius 2 is 1.63 bits per heavy atom. The van der Waals surface area contributed by atoms with E-state index in [4.69, 9.17) is 34.3 Å². The van der Waals surface area contributed by atoms with Crippen molar-refractivity contribution < 1.29 is 34.0 Å². The van der Waals surface area contributed by atoms with Gasteiger partial charge in [-0.2, -0.15) is 0 Å². The monoisotopic (exact) mass is 708 g/mol. The topological polar surface area (TPSA) is 151 Å². The number of aliphatic imine (C=N–C) groups is 3. The third-order valence-corrected chi connectivity index (χ3v) is 10.5. The first-order valence-corrected chi connectivity index (χ1v) is 18.0. The van der Waals surface area contributed by atoms with Crippen LogP contribution in [0.2, 0.25) is 0 Å². The zero-order chi connectivity index (χ0) is 37.3. The van der Waals surface area contributed by atoms with E-state index in [1.54, 1.807) is 6.92 Å². The molecule has 52 heavy (non-hydrogen) atoms. The van der Waals surface area contributed by atoms with Gasteiger partial charge in [0.25, 0.3) is 0 Å². The van der Waals surface area contributed by atoms with Crippen LogP contribution in [-0.2, 0) is 23.8 Å². The number of hydrogen-bond donors (Lipinski definition) is 3. The van der Waals surface area contributed by atoms with E-state index in [1.165, 1.54) is 0 Å². The predicted molar refractivity (Wildman–Crippen MR) is 201 cm³/mol. The number of carbonyl (C=O) groups is 2. The zero-order valence-corrected chi connectivity index (χ0v) is 30.9. The highest BCUT2D eigenvalue weighted by Gasteiger charge is 2.49. The zero-order valence-electron chi connectivity index (χ0n) is 30.9. The van der Waals surface area contributed by atoms with Crippen LogP contribution in [0.3, 0.4) is 0 Å². The molecule has 0 aromatic carbocycles. The smallest absolute Gasteiger partial charge is 0.321 e. The van der Waals surface area contributed by atoms with Gasteiger partial charge in [0.15, 0.2) is 0 Å². The van der Waals surface area contributed by atoms with Gasteiger partial charge >= 0.3 is 5.97 Å². The Labute approximate surface area is 305 Å². The number of carbonyl (C=O) groups excluding carboxylic acids is 2. The minimum absolute atomic E-state index is 0.0271. The van der Waals surface area contributed by atoms with Crippen LogP contribution in [0.1, 0.15) is 60.8 Å². The van der Waals surface area contributed by atoms with E-state index >= 15 is 0 Å². The van der Waals surface area contributed by atoms with Crippen molar-refractivity contribution in [3.63, 3.8) is 0 Å². The number of aliphatic hydroxyl groups excluding tert-OH is 2. The Hall–Kier alpha value is -4.71. The van der Waals surface area contributed by atoms with Crippen LogP contribution in [0.4, 0.5) is 0 Å². The summed E-state index contributed by atoms with van der Waals surface area (Å²) in [5.41, 5.74) is 11.8. The van der Waals surface area contributed by atoms with Gasteiger partial charge in [0.1, 0.15) is 24.1 Å². The summed E-state index contributed by atoms with van der Waals surface area (Å²) in [4.78, 5) is 41.5. The molecule has 274 valence electrons. The second-order valence-electron chi connectivity index (χ2n) is 13.7. The Balaban J connectivity index is 1.49. The van der Waals surface area contributed by atoms with Crippen molar-refractivity contribution in [2.45, 2.75) is 60.8 Å². The molecule has 0 saturated carbocycles. The normalized spacial score (nSPS) is 23.6. The molecule has 0 aromatic heterocycles. The molecule has 0 unspecified atom stereocenters. The lowest BCUT2D eigenvalue weighted by Crippen LogP contribution is -2.26. The fourth-order valence-electron chi connectivity index (χ4n) is 7.69. The van der Waals surface area contributed by atoms with Gasteiger partial charge < -0.3 is 34.5 Å². The first-order chi connectivity index (χ1) is 25.0. The molecule has 11 heteroatoms. The highest BCUT2D eigenvalue weighted by Crippen LogP contribution is 2.49. The number of nitrogens with one attached hydrogen (secondary N) is 1. The second-order valence-corrected chi connectivity index (χ2v) is 13.7. The van der Waals surface area contributed by atoms with Gasteiger partial charge in [-0.05, 0) is 81.1 Å². The third kappa shape index (κ3) is 6.80. The molecule has 6 aliphatic rings. The van der Waals surface area contributed by atoms with Crippen LogP contribution in [0.25, 0.3) is 0 Å². The summed E-state index contributed by atoms with van der Waals surface area (Å²) >= 11 is 0. The highest BCUT2D eigenvalue weighted by atomic mass is 16.6. The Morgan fingerprint density at radius 1 is 0.942 bits per heavy atom. The maximum atomic E-state index is 14.0. The van der Waals surface area contributed by atoms with Gasteiger partial charge in [0, 0.05) is 46.4 Å². The molecule has 3 N–H and O–H groups in total. The maximum absolute atomic E-state index is 14.0. The first kappa shape index (κ1) is 37.1. The molecule has 3 atom stereocenters. The Bertz CT molecular complexity index is 1960. The van der Waals surface area contributed by atoms with E-state index < -0.39 is 11.9 Å². The van der Waals surface area contributed by atoms with Gasteiger partial charge in [0.05, 0.1) is 67.3 Å². The summed E-state index contributed by atoms with van der Waals surface area (Å²) in [5.74, 6) is -2.06. The molecule has 0 aromatic rings. The summed E-state index contributed by atoms with van der Waals surface area (Å²) in [6, 6.07) is 0. The standard InChI is InChI=1S/C41H48N4O7/c1-8-26-22(4)29-18-31-24(6)28(11-10-21(3)47)38(44-31)36-37(41(49)52-17-16-51-15-14-50-13-12-46)40(48)35-25(7)32(45-39(35)36)20-34-27(9-2)23(5)30(43-34)19-33(26)42-29/h8,18-20,24,28,37,44,46,48H,1,9-17H2,2-7H3/t24-,28-,37+/m0/s1. The van der Waals surface area contributed by atoms with Crippen molar-refractivity contribution in [1.82, 2.24) is 5.32 Å². The minimum Gasteiger partial charge on any atom is -0.510 e. The number of hydrogen-bond acceptors (Lipinski definition) is 11. The van der Waals surface area contributed by atoms with Crippen molar-refractivity contribution in [2.75, 3.05) is 39.6 Å². The Kier molecular flexibility index (Phi) is 11.0. The predicted octanol–water partition coefficient (Wildman–Crippen LogP) is 6.01. The quantitative estimate of drug-likeness (QED) is 0.147. The van der Waals surface area contributed by atoms with E-state index in [0.29, 0.717) is 42.0 Å². The van der Waals surface area contributed by atoms with Crippen LogP contribution in [0.5, 0.6) is 0 Å². The maximum Gasteiger partial charge on any atom is 0.321 e. The summed E-state index contributed by atoms with van der Waals surface area (Å²) in [6.07, 6.45) is 9.49. The number of Topliss-reactive ketones (excluding diaryl/α,β-unsaturated/α-hetero) is 1. The number of fused-ring (bicyclic) bond motifs is 5. The summed E-state index contributed by atoms with van der Waals surface area (Å²) in [6.45, 7) is 16.7. The van der Waals surface area contributed by atoms with Gasteiger partial charge in [-0.15, -0.1) is 0 Å². The van der Waals surface area contributed by atoms with Gasteiger partial charge in [-0.1, -0.05) is 26.5 Å². The van der Waals surface area contributed by atoms with Crippen LogP contribution >= 0.6 is 0 Å². The molecule has 0 spiro atoms. The number of nitrogens with zero attached hydrogens (tertiary/aromatic N) is 3. The molecule has 0 radical (unpaired) electrons. The van der Waals surface area contributed by atoms with Gasteiger partial charge in [0.2, 0.25) is 0 Å². The summed E-state index contributed by atoms with van der Waals surface area (Å²) in [7, 11) is 0. The van der Waals surface area contributed by atoms with Crippen molar-refractivity contribution in [3.05, 3.63) is 104 Å². The molecule has 1 fully saturated rings. The van der Waals surface area contributed by atoms with E-state index in [1.807, 2.05) is 38.2 Å². The molecule has 6 rings (SSSR count). The van der Waals surface area contributed by atoms with E-state index in [9.17, 15) is 14.7 Å². The van der Waals surface area contributed by atoms with Crippen LogP contribution in [0, 0.1) is 17.8 Å². The lowest BCUT2D eigenvalue weighted by molar-refractivity contribution is -0.148. The van der Waals surface area contributed by atoms with Crippen molar-refractivity contribution in [1.29, 1.82) is 0 Å². The van der Waals surface area contributed by atoms with E-state index in [2.05, 4.69) is 32.7 Å². The third-order valence-electron chi connectivity index (χ3n) is 10.5. The molecular formula is C41H48N4O7. The summed E-state index contributed by atoms with van der Waals surface area (Å²) in [5, 5.41) is 24.5. The molecule has 1 saturated heterocycles. The lowest BCUT2D eigenvalue weighted by Gasteiger charge is -2.20. The highest BCUT2D eigenvalue weighted by molar-refractivity contribution is 6.24.